The fourth-order valence-corrected chi connectivity index (χ4v) is 3.92. The van der Waals surface area contributed by atoms with Crippen LogP contribution >= 0.6 is 0 Å². The maximum atomic E-state index is 6.38. The summed E-state index contributed by atoms with van der Waals surface area (Å²) in [6.07, 6.45) is 1.30. The fourth-order valence-electron chi connectivity index (χ4n) is 3.92. The number of rotatable bonds is 6. The van der Waals surface area contributed by atoms with E-state index in [1.54, 1.807) is 6.33 Å². The van der Waals surface area contributed by atoms with E-state index in [4.69, 9.17) is 25.7 Å². The summed E-state index contributed by atoms with van der Waals surface area (Å²) in [7, 11) is 0. The van der Waals surface area contributed by atoms with Crippen molar-refractivity contribution in [1.82, 2.24) is 19.5 Å². The molecular formula is C24H26N6O3. The van der Waals surface area contributed by atoms with Gasteiger partial charge in [-0.25, -0.2) is 4.98 Å². The largest absolute Gasteiger partial charge is 0.491 e. The van der Waals surface area contributed by atoms with Gasteiger partial charge in [0.25, 0.3) is 0 Å². The lowest BCUT2D eigenvalue weighted by Crippen LogP contribution is -2.32. The predicted octanol–water partition coefficient (Wildman–Crippen LogP) is 3.42. The van der Waals surface area contributed by atoms with Gasteiger partial charge in [0.2, 0.25) is 5.95 Å². The lowest BCUT2D eigenvalue weighted by atomic mass is 10.1. The van der Waals surface area contributed by atoms with Gasteiger partial charge >= 0.3 is 0 Å². The molecule has 0 saturated carbocycles. The molecule has 9 heteroatoms. The number of nitrogen functional groups attached to an aromatic ring is 2. The van der Waals surface area contributed by atoms with Crippen LogP contribution < -0.4 is 20.9 Å². The van der Waals surface area contributed by atoms with Crippen molar-refractivity contribution in [3.8, 4) is 11.5 Å². The molecule has 0 bridgehead atoms. The van der Waals surface area contributed by atoms with E-state index < -0.39 is 0 Å². The zero-order chi connectivity index (χ0) is 22.9. The fraction of sp³-hybridized carbons (Fsp3) is 0.292. The molecule has 33 heavy (non-hydrogen) atoms. The summed E-state index contributed by atoms with van der Waals surface area (Å²) >= 11 is 0. The molecule has 2 aromatic carbocycles. The van der Waals surface area contributed by atoms with Crippen LogP contribution in [0.15, 0.2) is 54.9 Å². The molecular weight excluding hydrogens is 420 g/mol. The molecule has 170 valence electrons. The van der Waals surface area contributed by atoms with Gasteiger partial charge in [0.1, 0.15) is 42.1 Å². The van der Waals surface area contributed by atoms with Crippen LogP contribution in [0.2, 0.25) is 0 Å². The first-order valence-corrected chi connectivity index (χ1v) is 10.8. The second-order valence-corrected chi connectivity index (χ2v) is 8.25. The Bertz CT molecular complexity index is 1260. The summed E-state index contributed by atoms with van der Waals surface area (Å²) in [4.78, 5) is 12.7. The highest BCUT2D eigenvalue weighted by molar-refractivity contribution is 5.82. The number of hydrogen-bond donors (Lipinski definition) is 2. The van der Waals surface area contributed by atoms with Crippen molar-refractivity contribution in [2.24, 2.45) is 0 Å². The Labute approximate surface area is 191 Å². The third-order valence-electron chi connectivity index (χ3n) is 5.70. The van der Waals surface area contributed by atoms with Gasteiger partial charge in [-0.2, -0.15) is 9.97 Å². The molecule has 4 N–H and O–H groups in total. The summed E-state index contributed by atoms with van der Waals surface area (Å²) in [5.74, 6) is 1.89. The first-order chi connectivity index (χ1) is 16.0. The third kappa shape index (κ3) is 4.40. The van der Waals surface area contributed by atoms with Crippen LogP contribution in [0, 0.1) is 13.8 Å². The maximum Gasteiger partial charge on any atom is 0.224 e. The van der Waals surface area contributed by atoms with Crippen LogP contribution in [0.5, 0.6) is 11.5 Å². The minimum absolute atomic E-state index is 0.0893. The van der Waals surface area contributed by atoms with Crippen LogP contribution in [-0.4, -0.2) is 38.3 Å². The Morgan fingerprint density at radius 3 is 2.33 bits per heavy atom. The lowest BCUT2D eigenvalue weighted by Gasteiger charge is -2.20. The summed E-state index contributed by atoms with van der Waals surface area (Å²) < 4.78 is 20.5. The number of aromatic nitrogens is 4. The second kappa shape index (κ2) is 8.59. The van der Waals surface area contributed by atoms with Crippen LogP contribution in [0.3, 0.4) is 0 Å². The Morgan fingerprint density at radius 1 is 0.970 bits per heavy atom. The minimum atomic E-state index is -0.370. The number of ether oxygens (including phenoxy) is 3. The lowest BCUT2D eigenvalue weighted by molar-refractivity contribution is -0.0341. The van der Waals surface area contributed by atoms with Crippen LogP contribution in [-0.2, 0) is 4.74 Å². The van der Waals surface area contributed by atoms with Crippen molar-refractivity contribution in [2.75, 3.05) is 18.1 Å². The van der Waals surface area contributed by atoms with Gasteiger partial charge in [0, 0.05) is 6.42 Å². The highest BCUT2D eigenvalue weighted by atomic mass is 16.6. The van der Waals surface area contributed by atoms with E-state index >= 15 is 0 Å². The summed E-state index contributed by atoms with van der Waals surface area (Å²) in [6.45, 7) is 4.42. The molecule has 1 aliphatic rings. The van der Waals surface area contributed by atoms with E-state index in [0.29, 0.717) is 24.2 Å². The van der Waals surface area contributed by atoms with Gasteiger partial charge in [0.05, 0.1) is 6.33 Å². The quantitative estimate of drug-likeness (QED) is 0.462. The Kier molecular flexibility index (Phi) is 5.47. The molecule has 0 radical (unpaired) electrons. The van der Waals surface area contributed by atoms with Gasteiger partial charge in [-0.15, -0.1) is 0 Å². The van der Waals surface area contributed by atoms with Gasteiger partial charge in [-0.1, -0.05) is 35.4 Å². The zero-order valence-corrected chi connectivity index (χ0v) is 18.5. The molecule has 0 spiro atoms. The second-order valence-electron chi connectivity index (χ2n) is 8.25. The number of benzene rings is 2. The molecule has 1 aliphatic heterocycles. The highest BCUT2D eigenvalue weighted by Crippen LogP contribution is 2.34. The van der Waals surface area contributed by atoms with Crippen LogP contribution in [0.25, 0.3) is 11.2 Å². The standard InChI is InChI=1S/C24H26N6O3/c1-14-3-7-16(8-4-14)31-12-19-18(32-17-9-5-15(2)6-10-17)11-20(33-19)30-13-27-21-22(25)28-24(26)29-23(21)30/h3-10,13,18-20H,11-12H2,1-2H3,(H4,25,26,28,29)/t18-,19+,20-/m0/s1. The summed E-state index contributed by atoms with van der Waals surface area (Å²) in [6, 6.07) is 15.9. The number of hydrogen-bond acceptors (Lipinski definition) is 8. The highest BCUT2D eigenvalue weighted by Gasteiger charge is 2.39. The predicted molar refractivity (Wildman–Crippen MR) is 125 cm³/mol. The molecule has 1 fully saturated rings. The molecule has 1 saturated heterocycles. The average molecular weight is 447 g/mol. The molecule has 0 unspecified atom stereocenters. The van der Waals surface area contributed by atoms with Crippen LogP contribution in [0.4, 0.5) is 11.8 Å². The molecule has 0 aliphatic carbocycles. The van der Waals surface area contributed by atoms with E-state index in [0.717, 1.165) is 11.5 Å². The van der Waals surface area contributed by atoms with Gasteiger partial charge in [0.15, 0.2) is 11.5 Å². The number of fused-ring (bicyclic) bond motifs is 1. The van der Waals surface area contributed by atoms with Crippen LogP contribution in [0.1, 0.15) is 23.8 Å². The topological polar surface area (TPSA) is 123 Å². The Morgan fingerprint density at radius 2 is 1.64 bits per heavy atom. The van der Waals surface area contributed by atoms with Gasteiger partial charge in [-0.05, 0) is 38.1 Å². The Hall–Kier alpha value is -3.85. The zero-order valence-electron chi connectivity index (χ0n) is 18.5. The smallest absolute Gasteiger partial charge is 0.224 e. The van der Waals surface area contributed by atoms with Crippen molar-refractivity contribution in [3.63, 3.8) is 0 Å². The summed E-state index contributed by atoms with van der Waals surface area (Å²) in [5.41, 5.74) is 15.1. The van der Waals surface area contributed by atoms with Gasteiger partial charge in [-0.3, -0.25) is 4.57 Å². The Balaban J connectivity index is 1.40. The molecule has 5 rings (SSSR count). The van der Waals surface area contributed by atoms with E-state index in [2.05, 4.69) is 15.0 Å². The number of imidazole rings is 1. The first kappa shape index (κ1) is 21.0. The number of nitrogens with two attached hydrogens (primary N) is 2. The van der Waals surface area contributed by atoms with E-state index in [-0.39, 0.29) is 30.2 Å². The summed E-state index contributed by atoms with van der Waals surface area (Å²) in [5, 5.41) is 0. The van der Waals surface area contributed by atoms with Crippen molar-refractivity contribution in [3.05, 3.63) is 66.0 Å². The van der Waals surface area contributed by atoms with Crippen molar-refractivity contribution >= 4 is 22.9 Å². The molecule has 2 aromatic heterocycles. The van der Waals surface area contributed by atoms with Crippen molar-refractivity contribution in [2.45, 2.75) is 38.7 Å². The number of anilines is 2. The van der Waals surface area contributed by atoms with Crippen molar-refractivity contribution in [1.29, 1.82) is 0 Å². The monoisotopic (exact) mass is 446 g/mol. The number of aryl methyl sites for hydroxylation is 2. The molecule has 4 aromatic rings. The molecule has 3 atom stereocenters. The maximum absolute atomic E-state index is 6.38. The first-order valence-electron chi connectivity index (χ1n) is 10.8. The van der Waals surface area contributed by atoms with E-state index in [1.807, 2.05) is 66.9 Å². The van der Waals surface area contributed by atoms with E-state index in [9.17, 15) is 0 Å². The number of nitrogens with zero attached hydrogens (tertiary/aromatic N) is 4. The molecule has 9 nitrogen and oxygen atoms in total. The third-order valence-corrected chi connectivity index (χ3v) is 5.70. The molecule has 0 amide bonds. The molecule has 3 heterocycles. The normalized spacial score (nSPS) is 20.2. The minimum Gasteiger partial charge on any atom is -0.491 e. The van der Waals surface area contributed by atoms with E-state index in [1.165, 1.54) is 11.1 Å². The van der Waals surface area contributed by atoms with Crippen molar-refractivity contribution < 1.29 is 14.2 Å². The average Bonchev–Trinajstić information content (AvgIpc) is 3.39. The SMILES string of the molecule is Cc1ccc(OC[C@H]2O[C@H](n3cnc4c(N)nc(N)nc43)C[C@@H]2Oc2ccc(C)cc2)cc1. The van der Waals surface area contributed by atoms with Gasteiger partial charge < -0.3 is 25.7 Å².